The topological polar surface area (TPSA) is 49.8 Å². The molecule has 0 unspecified atom stereocenters. The third-order valence-electron chi connectivity index (χ3n) is 4.44. The summed E-state index contributed by atoms with van der Waals surface area (Å²) in [6.07, 6.45) is 4.45. The van der Waals surface area contributed by atoms with Gasteiger partial charge in [-0.3, -0.25) is 4.79 Å². The maximum absolute atomic E-state index is 13.4. The number of fused-ring (bicyclic) bond motifs is 2. The highest BCUT2D eigenvalue weighted by Crippen LogP contribution is 2.19. The fourth-order valence-corrected chi connectivity index (χ4v) is 3.18. The van der Waals surface area contributed by atoms with Crippen LogP contribution in [0.3, 0.4) is 0 Å². The van der Waals surface area contributed by atoms with E-state index in [1.165, 1.54) is 12.1 Å². The van der Waals surface area contributed by atoms with Crippen LogP contribution in [0, 0.1) is 5.82 Å². The second-order valence-corrected chi connectivity index (χ2v) is 6.11. The van der Waals surface area contributed by atoms with Crippen molar-refractivity contribution in [1.82, 2.24) is 14.9 Å². The maximum Gasteiger partial charge on any atom is 0.239 e. The number of H-pyrrole nitrogens is 1. The lowest BCUT2D eigenvalue weighted by atomic mass is 10.1. The molecular formula is C20H18FN3O. The predicted molar refractivity (Wildman–Crippen MR) is 96.9 cm³/mol. The molecule has 25 heavy (non-hydrogen) atoms. The molecule has 0 aliphatic carbocycles. The quantitative estimate of drug-likeness (QED) is 0.575. The summed E-state index contributed by atoms with van der Waals surface area (Å²) in [6.45, 7) is 0.803. The number of aromatic nitrogens is 2. The second kappa shape index (κ2) is 6.43. The molecule has 0 fully saturated rings. The van der Waals surface area contributed by atoms with E-state index in [1.54, 1.807) is 6.07 Å². The Bertz CT molecular complexity index is 1050. The number of para-hydroxylation sites is 1. The summed E-state index contributed by atoms with van der Waals surface area (Å²) < 4.78 is 15.3. The Morgan fingerprint density at radius 2 is 2.04 bits per heavy atom. The summed E-state index contributed by atoms with van der Waals surface area (Å²) in [5, 5.41) is 4.92. The molecule has 2 aromatic heterocycles. The number of benzene rings is 2. The van der Waals surface area contributed by atoms with E-state index >= 15 is 0 Å². The number of nitrogens with one attached hydrogen (secondary N) is 2. The number of rotatable bonds is 5. The van der Waals surface area contributed by atoms with Gasteiger partial charge in [-0.25, -0.2) is 4.39 Å². The van der Waals surface area contributed by atoms with Gasteiger partial charge in [-0.1, -0.05) is 18.2 Å². The van der Waals surface area contributed by atoms with E-state index in [2.05, 4.69) is 10.3 Å². The van der Waals surface area contributed by atoms with Crippen molar-refractivity contribution in [3.05, 3.63) is 72.3 Å². The minimum atomic E-state index is -0.253. The van der Waals surface area contributed by atoms with E-state index in [4.69, 9.17) is 0 Å². The minimum absolute atomic E-state index is 0.0348. The number of nitrogens with zero attached hydrogens (tertiary/aromatic N) is 1. The van der Waals surface area contributed by atoms with Gasteiger partial charge >= 0.3 is 0 Å². The highest BCUT2D eigenvalue weighted by molar-refractivity contribution is 5.84. The van der Waals surface area contributed by atoms with Crippen LogP contribution in [0.25, 0.3) is 21.8 Å². The first-order valence-corrected chi connectivity index (χ1v) is 8.27. The van der Waals surface area contributed by atoms with E-state index < -0.39 is 0 Å². The van der Waals surface area contributed by atoms with E-state index in [0.29, 0.717) is 13.0 Å². The first kappa shape index (κ1) is 15.4. The third-order valence-corrected chi connectivity index (χ3v) is 4.44. The lowest BCUT2D eigenvalue weighted by Crippen LogP contribution is -2.29. The monoisotopic (exact) mass is 335 g/mol. The van der Waals surface area contributed by atoms with Crippen LogP contribution in [-0.2, 0) is 17.8 Å². The highest BCUT2D eigenvalue weighted by atomic mass is 19.1. The Hall–Kier alpha value is -3.08. The molecule has 0 radical (unpaired) electrons. The summed E-state index contributed by atoms with van der Waals surface area (Å²) >= 11 is 0. The van der Waals surface area contributed by atoms with Crippen molar-refractivity contribution >= 4 is 27.7 Å². The largest absolute Gasteiger partial charge is 0.361 e. The zero-order valence-corrected chi connectivity index (χ0v) is 13.6. The van der Waals surface area contributed by atoms with Gasteiger partial charge in [0, 0.05) is 35.4 Å². The maximum atomic E-state index is 13.4. The summed E-state index contributed by atoms with van der Waals surface area (Å²) in [7, 11) is 0. The molecule has 126 valence electrons. The zero-order valence-electron chi connectivity index (χ0n) is 13.6. The van der Waals surface area contributed by atoms with Crippen molar-refractivity contribution < 1.29 is 9.18 Å². The van der Waals surface area contributed by atoms with Crippen LogP contribution in [-0.4, -0.2) is 22.0 Å². The van der Waals surface area contributed by atoms with E-state index in [0.717, 1.165) is 27.4 Å². The van der Waals surface area contributed by atoms with Crippen LogP contribution in [0.2, 0.25) is 0 Å². The average Bonchev–Trinajstić information content (AvgIpc) is 3.20. The molecule has 0 bridgehead atoms. The van der Waals surface area contributed by atoms with Gasteiger partial charge in [0.05, 0.1) is 0 Å². The lowest BCUT2D eigenvalue weighted by molar-refractivity contribution is -0.121. The summed E-state index contributed by atoms with van der Waals surface area (Å²) in [5.74, 6) is -0.288. The Morgan fingerprint density at radius 3 is 2.96 bits per heavy atom. The van der Waals surface area contributed by atoms with Gasteiger partial charge in [0.25, 0.3) is 0 Å². The first-order valence-electron chi connectivity index (χ1n) is 8.27. The van der Waals surface area contributed by atoms with Gasteiger partial charge in [-0.15, -0.1) is 0 Å². The fourth-order valence-electron chi connectivity index (χ4n) is 3.18. The third kappa shape index (κ3) is 3.13. The molecule has 4 nitrogen and oxygen atoms in total. The molecule has 0 saturated heterocycles. The molecule has 2 aromatic carbocycles. The number of aromatic amines is 1. The van der Waals surface area contributed by atoms with Gasteiger partial charge in [-0.05, 0) is 47.7 Å². The standard InChI is InChI=1S/C20H18FN3O/c21-16-5-6-18-17(11-16)15(12-23-18)7-9-22-20(25)13-24-10-8-14-3-1-2-4-19(14)24/h1-6,8,10-12,23H,7,9,13H2,(H,22,25). The van der Waals surface area contributed by atoms with Crippen LogP contribution >= 0.6 is 0 Å². The van der Waals surface area contributed by atoms with Crippen molar-refractivity contribution in [3.63, 3.8) is 0 Å². The van der Waals surface area contributed by atoms with Crippen LogP contribution < -0.4 is 5.32 Å². The second-order valence-electron chi connectivity index (χ2n) is 6.11. The highest BCUT2D eigenvalue weighted by Gasteiger charge is 2.08. The molecule has 0 atom stereocenters. The van der Waals surface area contributed by atoms with Crippen LogP contribution in [0.15, 0.2) is 60.9 Å². The molecule has 5 heteroatoms. The molecule has 0 saturated carbocycles. The van der Waals surface area contributed by atoms with E-state index in [1.807, 2.05) is 47.3 Å². The van der Waals surface area contributed by atoms with Gasteiger partial charge in [0.1, 0.15) is 12.4 Å². The SMILES string of the molecule is O=C(Cn1ccc2ccccc21)NCCc1c[nH]c2ccc(F)cc12. The number of amides is 1. The summed E-state index contributed by atoms with van der Waals surface area (Å²) in [6, 6.07) is 14.7. The molecule has 4 rings (SSSR count). The van der Waals surface area contributed by atoms with Crippen molar-refractivity contribution in [2.24, 2.45) is 0 Å². The van der Waals surface area contributed by atoms with Crippen molar-refractivity contribution in [2.75, 3.05) is 6.54 Å². The molecule has 4 aromatic rings. The number of carbonyl (C=O) groups excluding carboxylic acids is 1. The van der Waals surface area contributed by atoms with Gasteiger partial charge in [0.15, 0.2) is 0 Å². The summed E-state index contributed by atoms with van der Waals surface area (Å²) in [5.41, 5.74) is 2.95. The van der Waals surface area contributed by atoms with Crippen molar-refractivity contribution in [2.45, 2.75) is 13.0 Å². The smallest absolute Gasteiger partial charge is 0.239 e. The van der Waals surface area contributed by atoms with Crippen LogP contribution in [0.4, 0.5) is 4.39 Å². The molecule has 1 amide bonds. The number of halogens is 1. The molecule has 2 N–H and O–H groups in total. The lowest BCUT2D eigenvalue weighted by Gasteiger charge is -2.07. The predicted octanol–water partition coefficient (Wildman–Crippen LogP) is 3.62. The number of carbonyl (C=O) groups is 1. The van der Waals surface area contributed by atoms with Gasteiger partial charge in [0.2, 0.25) is 5.91 Å². The Balaban J connectivity index is 1.38. The minimum Gasteiger partial charge on any atom is -0.361 e. The van der Waals surface area contributed by atoms with E-state index in [9.17, 15) is 9.18 Å². The molecular weight excluding hydrogens is 317 g/mol. The van der Waals surface area contributed by atoms with Gasteiger partial charge in [-0.2, -0.15) is 0 Å². The first-order chi connectivity index (χ1) is 12.2. The molecule has 0 aliphatic rings. The normalized spacial score (nSPS) is 11.2. The number of hydrogen-bond donors (Lipinski definition) is 2. The summed E-state index contributed by atoms with van der Waals surface area (Å²) in [4.78, 5) is 15.3. The zero-order chi connectivity index (χ0) is 17.2. The van der Waals surface area contributed by atoms with Crippen molar-refractivity contribution in [1.29, 1.82) is 0 Å². The van der Waals surface area contributed by atoms with Crippen LogP contribution in [0.1, 0.15) is 5.56 Å². The molecule has 0 aliphatic heterocycles. The Kier molecular flexibility index (Phi) is 3.98. The van der Waals surface area contributed by atoms with Crippen LogP contribution in [0.5, 0.6) is 0 Å². The molecule has 2 heterocycles. The number of hydrogen-bond acceptors (Lipinski definition) is 1. The molecule has 0 spiro atoms. The van der Waals surface area contributed by atoms with E-state index in [-0.39, 0.29) is 18.3 Å². The Labute approximate surface area is 144 Å². The Morgan fingerprint density at radius 1 is 1.16 bits per heavy atom. The fraction of sp³-hybridized carbons (Fsp3) is 0.150. The van der Waals surface area contributed by atoms with Crippen molar-refractivity contribution in [3.8, 4) is 0 Å². The average molecular weight is 335 g/mol. The van der Waals surface area contributed by atoms with Gasteiger partial charge < -0.3 is 14.9 Å².